The molecule has 0 spiro atoms. The van der Waals surface area contributed by atoms with Gasteiger partial charge in [-0.1, -0.05) is 6.92 Å². The van der Waals surface area contributed by atoms with E-state index in [4.69, 9.17) is 10.5 Å². The van der Waals surface area contributed by atoms with Gasteiger partial charge in [0, 0.05) is 31.4 Å². The first-order chi connectivity index (χ1) is 10.7. The zero-order valence-corrected chi connectivity index (χ0v) is 13.4. The molecule has 1 unspecified atom stereocenters. The molecule has 1 fully saturated rings. The van der Waals surface area contributed by atoms with Crippen molar-refractivity contribution in [3.8, 4) is 5.75 Å². The summed E-state index contributed by atoms with van der Waals surface area (Å²) < 4.78 is 5.29. The molecule has 6 heteroatoms. The third-order valence-electron chi connectivity index (χ3n) is 3.99. The van der Waals surface area contributed by atoms with Crippen molar-refractivity contribution >= 4 is 17.3 Å². The van der Waals surface area contributed by atoms with Crippen molar-refractivity contribution in [2.75, 3.05) is 44.3 Å². The Morgan fingerprint density at radius 1 is 1.45 bits per heavy atom. The molecule has 22 heavy (non-hydrogen) atoms. The Morgan fingerprint density at radius 2 is 2.27 bits per heavy atom. The molecule has 0 aliphatic carbocycles. The molecule has 1 saturated heterocycles. The van der Waals surface area contributed by atoms with Crippen LogP contribution in [0.25, 0.3) is 0 Å². The minimum absolute atomic E-state index is 0.00692. The Balaban J connectivity index is 2.08. The lowest BCUT2D eigenvalue weighted by molar-refractivity contribution is -0.121. The smallest absolute Gasteiger partial charge is 0.241 e. The van der Waals surface area contributed by atoms with Gasteiger partial charge in [-0.25, -0.2) is 0 Å². The number of benzene rings is 1. The fraction of sp³-hybridized carbons (Fsp3) is 0.562. The van der Waals surface area contributed by atoms with Crippen LogP contribution in [0.3, 0.4) is 0 Å². The van der Waals surface area contributed by atoms with Gasteiger partial charge < -0.3 is 21.1 Å². The monoisotopic (exact) mass is 306 g/mol. The van der Waals surface area contributed by atoms with Gasteiger partial charge in [-0.3, -0.25) is 9.69 Å². The molecule has 0 aromatic heterocycles. The van der Waals surface area contributed by atoms with E-state index < -0.39 is 0 Å². The van der Waals surface area contributed by atoms with Crippen LogP contribution in [0, 0.1) is 0 Å². The quantitative estimate of drug-likeness (QED) is 0.714. The van der Waals surface area contributed by atoms with Crippen LogP contribution in [0.2, 0.25) is 0 Å². The van der Waals surface area contributed by atoms with E-state index in [0.717, 1.165) is 39.0 Å². The molecule has 122 valence electrons. The lowest BCUT2D eigenvalue weighted by Gasteiger charge is -2.28. The summed E-state index contributed by atoms with van der Waals surface area (Å²) >= 11 is 0. The van der Waals surface area contributed by atoms with Crippen molar-refractivity contribution in [3.05, 3.63) is 18.2 Å². The van der Waals surface area contributed by atoms with Crippen molar-refractivity contribution in [1.82, 2.24) is 10.2 Å². The molecular weight excluding hydrogens is 280 g/mol. The number of nitrogens with one attached hydrogen (secondary N) is 2. The zero-order valence-electron chi connectivity index (χ0n) is 13.4. The van der Waals surface area contributed by atoms with Crippen molar-refractivity contribution in [1.29, 1.82) is 0 Å². The van der Waals surface area contributed by atoms with E-state index in [1.807, 2.05) is 6.92 Å². The summed E-state index contributed by atoms with van der Waals surface area (Å²) in [5.74, 6) is 0.591. The Bertz CT molecular complexity index is 499. The van der Waals surface area contributed by atoms with Crippen molar-refractivity contribution in [3.63, 3.8) is 0 Å². The third-order valence-corrected chi connectivity index (χ3v) is 3.99. The highest BCUT2D eigenvalue weighted by atomic mass is 16.5. The minimum Gasteiger partial charge on any atom is -0.494 e. The van der Waals surface area contributed by atoms with Crippen LogP contribution < -0.4 is 21.1 Å². The van der Waals surface area contributed by atoms with Gasteiger partial charge in [0.2, 0.25) is 5.91 Å². The predicted molar refractivity (Wildman–Crippen MR) is 89.2 cm³/mol. The summed E-state index contributed by atoms with van der Waals surface area (Å²) in [6, 6.07) is 5.13. The van der Waals surface area contributed by atoms with Gasteiger partial charge in [-0.05, 0) is 31.5 Å². The maximum Gasteiger partial charge on any atom is 0.241 e. The molecule has 1 aliphatic rings. The Kier molecular flexibility index (Phi) is 6.03. The molecule has 1 aromatic carbocycles. The number of anilines is 2. The van der Waals surface area contributed by atoms with Gasteiger partial charge in [0.15, 0.2) is 0 Å². The molecule has 4 N–H and O–H groups in total. The minimum atomic E-state index is -0.123. The number of carbonyl (C=O) groups excluding carboxylic acids is 1. The number of hydrogen-bond acceptors (Lipinski definition) is 5. The first-order valence-corrected chi connectivity index (χ1v) is 7.84. The highest BCUT2D eigenvalue weighted by Crippen LogP contribution is 2.27. The number of nitrogens with zero attached hydrogens (tertiary/aromatic N) is 1. The predicted octanol–water partition coefficient (Wildman–Crippen LogP) is 1.29. The van der Waals surface area contributed by atoms with Gasteiger partial charge in [0.1, 0.15) is 5.75 Å². The summed E-state index contributed by atoms with van der Waals surface area (Å²) in [6.45, 7) is 5.82. The largest absolute Gasteiger partial charge is 0.494 e. The molecular formula is C16H26N4O2. The number of ether oxygens (including phenoxy) is 1. The van der Waals surface area contributed by atoms with Gasteiger partial charge in [-0.2, -0.15) is 0 Å². The average Bonchev–Trinajstić information content (AvgIpc) is 2.79. The molecule has 0 bridgehead atoms. The molecule has 1 atom stereocenters. The van der Waals surface area contributed by atoms with Crippen LogP contribution in [0.4, 0.5) is 11.4 Å². The molecule has 6 nitrogen and oxygen atoms in total. The van der Waals surface area contributed by atoms with Crippen LogP contribution in [0.5, 0.6) is 5.75 Å². The lowest BCUT2D eigenvalue weighted by Crippen LogP contribution is -2.45. The third kappa shape index (κ3) is 4.11. The first kappa shape index (κ1) is 16.6. The zero-order chi connectivity index (χ0) is 15.9. The normalized spacial score (nSPS) is 17.5. The Labute approximate surface area is 132 Å². The standard InChI is InChI=1S/C16H26N4O2/c1-3-14(20-9-4-7-18-8-10-20)16(21)19-13-6-5-12(17)11-15(13)22-2/h5-6,11,14,18H,3-4,7-10,17H2,1-2H3,(H,19,21). The molecule has 1 amide bonds. The molecule has 0 radical (unpaired) electrons. The fourth-order valence-electron chi connectivity index (χ4n) is 2.81. The fourth-order valence-corrected chi connectivity index (χ4v) is 2.81. The van der Waals surface area contributed by atoms with E-state index >= 15 is 0 Å². The summed E-state index contributed by atoms with van der Waals surface area (Å²) in [5.41, 5.74) is 7.02. The maximum absolute atomic E-state index is 12.6. The van der Waals surface area contributed by atoms with E-state index in [2.05, 4.69) is 15.5 Å². The molecule has 2 rings (SSSR count). The van der Waals surface area contributed by atoms with Crippen LogP contribution >= 0.6 is 0 Å². The first-order valence-electron chi connectivity index (χ1n) is 7.84. The van der Waals surface area contributed by atoms with Crippen molar-refractivity contribution in [2.45, 2.75) is 25.8 Å². The Hall–Kier alpha value is -1.79. The second-order valence-corrected chi connectivity index (χ2v) is 5.51. The second-order valence-electron chi connectivity index (χ2n) is 5.51. The molecule has 1 aliphatic heterocycles. The van der Waals surface area contributed by atoms with Gasteiger partial charge in [0.25, 0.3) is 0 Å². The van der Waals surface area contributed by atoms with Gasteiger partial charge in [-0.15, -0.1) is 0 Å². The van der Waals surface area contributed by atoms with E-state index in [-0.39, 0.29) is 11.9 Å². The van der Waals surface area contributed by atoms with Crippen LogP contribution in [0.1, 0.15) is 19.8 Å². The van der Waals surface area contributed by atoms with E-state index in [1.54, 1.807) is 25.3 Å². The molecule has 0 saturated carbocycles. The van der Waals surface area contributed by atoms with E-state index in [1.165, 1.54) is 0 Å². The number of carbonyl (C=O) groups is 1. The summed E-state index contributed by atoms with van der Waals surface area (Å²) in [4.78, 5) is 14.9. The topological polar surface area (TPSA) is 79.6 Å². The van der Waals surface area contributed by atoms with Gasteiger partial charge >= 0.3 is 0 Å². The van der Waals surface area contributed by atoms with Crippen LogP contribution in [0.15, 0.2) is 18.2 Å². The average molecular weight is 306 g/mol. The summed E-state index contributed by atoms with van der Waals surface area (Å²) in [5, 5.41) is 6.34. The number of hydrogen-bond donors (Lipinski definition) is 3. The molecule has 1 heterocycles. The Morgan fingerprint density at radius 3 is 3.00 bits per heavy atom. The second kappa shape index (κ2) is 8.00. The van der Waals surface area contributed by atoms with Crippen molar-refractivity contribution < 1.29 is 9.53 Å². The SMILES string of the molecule is CCC(C(=O)Nc1ccc(N)cc1OC)N1CCCNCC1. The van der Waals surface area contributed by atoms with E-state index in [9.17, 15) is 4.79 Å². The summed E-state index contributed by atoms with van der Waals surface area (Å²) in [6.07, 6.45) is 1.85. The lowest BCUT2D eigenvalue weighted by atomic mass is 10.1. The van der Waals surface area contributed by atoms with Crippen molar-refractivity contribution in [2.24, 2.45) is 0 Å². The number of rotatable bonds is 5. The number of amides is 1. The number of methoxy groups -OCH3 is 1. The van der Waals surface area contributed by atoms with Gasteiger partial charge in [0.05, 0.1) is 18.8 Å². The van der Waals surface area contributed by atoms with E-state index in [0.29, 0.717) is 17.1 Å². The van der Waals surface area contributed by atoms with Crippen LogP contribution in [-0.2, 0) is 4.79 Å². The summed E-state index contributed by atoms with van der Waals surface area (Å²) in [7, 11) is 1.57. The molecule has 1 aromatic rings. The van der Waals surface area contributed by atoms with Crippen LogP contribution in [-0.4, -0.2) is 50.1 Å². The number of nitrogen functional groups attached to an aromatic ring is 1. The number of nitrogens with two attached hydrogens (primary N) is 1. The highest BCUT2D eigenvalue weighted by molar-refractivity contribution is 5.96. The highest BCUT2D eigenvalue weighted by Gasteiger charge is 2.25. The maximum atomic E-state index is 12.6.